The third kappa shape index (κ3) is 36.0. The van der Waals surface area contributed by atoms with Gasteiger partial charge in [-0.05, 0) is 193 Å². The van der Waals surface area contributed by atoms with Crippen LogP contribution in [0.3, 0.4) is 0 Å². The maximum absolute atomic E-state index is 6.05. The molecule has 0 radical (unpaired) electrons. The van der Waals surface area contributed by atoms with E-state index in [9.17, 15) is 0 Å². The Kier molecular flexibility index (Phi) is 42.9. The molecule has 0 unspecified atom stereocenters. The first kappa shape index (κ1) is 93.2. The number of hydrogen-bond acceptors (Lipinski definition) is 6. The van der Waals surface area contributed by atoms with Crippen LogP contribution >= 0.6 is 0 Å². The molecule has 0 aliphatic rings. The Morgan fingerprint density at radius 2 is 0.782 bits per heavy atom. The number of nitrogen functional groups attached to an aromatic ring is 2. The number of nitrogens with one attached hydrogen (secondary N) is 1. The van der Waals surface area contributed by atoms with Gasteiger partial charge in [-0.2, -0.15) is 0 Å². The van der Waals surface area contributed by atoms with Crippen LogP contribution in [0.2, 0.25) is 0 Å². The van der Waals surface area contributed by atoms with Crippen molar-refractivity contribution in [3.8, 4) is 22.5 Å². The van der Waals surface area contributed by atoms with E-state index in [0.717, 1.165) is 92.8 Å². The van der Waals surface area contributed by atoms with Gasteiger partial charge in [0.2, 0.25) is 0 Å². The number of hydrogen-bond donors (Lipinski definition) is 4. The van der Waals surface area contributed by atoms with Crippen LogP contribution in [0.1, 0.15) is 306 Å². The molecule has 8 aromatic carbocycles. The molecule has 0 fully saturated rings. The highest BCUT2D eigenvalue weighted by Crippen LogP contribution is 2.38. The van der Waals surface area contributed by atoms with Gasteiger partial charge in [-0.3, -0.25) is 0 Å². The molecule has 6 nitrogen and oxygen atoms in total. The summed E-state index contributed by atoms with van der Waals surface area (Å²) >= 11 is 0. The molecular weight excluding hydrogens is 1330 g/mol. The minimum atomic E-state index is 0.329. The number of anilines is 2. The third-order valence-corrected chi connectivity index (χ3v) is 21.4. The van der Waals surface area contributed by atoms with Crippen LogP contribution in [-0.2, 0) is 12.8 Å². The zero-order valence-corrected chi connectivity index (χ0v) is 72.8. The molecule has 2 heterocycles. The minimum absolute atomic E-state index is 0.329. The Hall–Kier alpha value is -7.38. The Bertz CT molecular complexity index is 4070. The van der Waals surface area contributed by atoms with Crippen LogP contribution in [0.25, 0.3) is 65.9 Å². The number of benzene rings is 8. The fraction of sp³-hybridized carbons (Fsp3) is 0.519. The van der Waals surface area contributed by atoms with Gasteiger partial charge in [-0.1, -0.05) is 385 Å². The van der Waals surface area contributed by atoms with E-state index in [4.69, 9.17) is 27.2 Å². The van der Waals surface area contributed by atoms with Crippen molar-refractivity contribution in [1.29, 1.82) is 0 Å². The fourth-order valence-corrected chi connectivity index (χ4v) is 15.1. The standard InChI is InChI=1S/2C22H20N2.C18H38.C17H37N.C13H20.C12H19N/c1-14(2)16-8-10-19-18-11-9-17(23)13-20(18)22(24-21(19)12-16)15-6-4-3-5-7-15;1-14(2)16-8-10-18-19-11-9-17(23)13-21(19)24-22(20(18)12-16)15-6-4-3-5-7-15;1-5-7-9-10-11-12-13-14-15-17-18(3,4)16-8-6-2;1-15(2)13-17(5,6)11-9-7-8-10-12-18-14-16(3)4;1-12(2)8-6-7-11-13-9-4-3-5-10-13;1-12(2,8-9-13)10-11-6-4-3-5-7-11/h2*3-14H,23H2,1-2H3;5-17H2,1-4H3;15-16,18H,7-14H2,1-6H3;3-5,9-10,12H,6-8,11H2,1-2H3;3-7H,8-10,13H2,1-2H3. The largest absolute Gasteiger partial charge is 0.399 e. The van der Waals surface area contributed by atoms with E-state index in [2.05, 4.69) is 276 Å². The van der Waals surface area contributed by atoms with E-state index in [-0.39, 0.29) is 0 Å². The molecule has 10 rings (SSSR count). The maximum atomic E-state index is 6.05. The van der Waals surface area contributed by atoms with Gasteiger partial charge in [0.05, 0.1) is 22.4 Å². The molecule has 6 heteroatoms. The van der Waals surface area contributed by atoms with Crippen LogP contribution in [0.5, 0.6) is 0 Å². The first-order chi connectivity index (χ1) is 52.6. The second kappa shape index (κ2) is 50.6. The van der Waals surface area contributed by atoms with Gasteiger partial charge in [0.15, 0.2) is 0 Å². The summed E-state index contributed by atoms with van der Waals surface area (Å²) in [5.74, 6) is 3.44. The quantitative estimate of drug-likeness (QED) is 0.0175. The molecule has 0 spiro atoms. The van der Waals surface area contributed by atoms with Crippen molar-refractivity contribution in [2.75, 3.05) is 31.1 Å². The van der Waals surface area contributed by atoms with E-state index in [1.54, 1.807) is 0 Å². The number of aryl methyl sites for hydroxylation is 1. The van der Waals surface area contributed by atoms with Gasteiger partial charge < -0.3 is 22.5 Å². The lowest BCUT2D eigenvalue weighted by Crippen LogP contribution is -2.20. The SMILES string of the molecule is CC(C)(CCN)Cc1ccccc1.CC(C)CCCCc1ccccc1.CC(C)CNCCCCCCC(C)(C)CC(C)C.CC(C)c1ccc2c(c1)c(-c1ccccc1)nc1cc(N)ccc12.CC(C)c1ccc2c(c1)nc(-c1ccccc1)c1cc(N)ccc12.CCCCCCCCCCCC(C)(C)CCCC. The zero-order valence-electron chi connectivity index (χ0n) is 72.8. The molecule has 600 valence electrons. The first-order valence-electron chi connectivity index (χ1n) is 43.5. The average molecular weight is 1490 g/mol. The highest BCUT2D eigenvalue weighted by Gasteiger charge is 2.21. The van der Waals surface area contributed by atoms with Crippen molar-refractivity contribution in [2.24, 2.45) is 39.7 Å². The number of aromatic nitrogens is 2. The summed E-state index contributed by atoms with van der Waals surface area (Å²) in [5, 5.41) is 10.6. The Labute approximate surface area is 672 Å². The highest BCUT2D eigenvalue weighted by molar-refractivity contribution is 6.13. The Morgan fingerprint density at radius 1 is 0.355 bits per heavy atom. The fourth-order valence-electron chi connectivity index (χ4n) is 15.1. The van der Waals surface area contributed by atoms with Crippen molar-refractivity contribution >= 4 is 54.7 Å². The van der Waals surface area contributed by atoms with Crippen LogP contribution in [0, 0.1) is 34.0 Å². The van der Waals surface area contributed by atoms with E-state index in [1.807, 2.05) is 48.5 Å². The van der Waals surface area contributed by atoms with Gasteiger partial charge >= 0.3 is 0 Å². The predicted octanol–water partition coefficient (Wildman–Crippen LogP) is 30.6. The Morgan fingerprint density at radius 3 is 1.28 bits per heavy atom. The lowest BCUT2D eigenvalue weighted by atomic mass is 9.80. The molecule has 0 atom stereocenters. The lowest BCUT2D eigenvalue weighted by molar-refractivity contribution is 0.256. The molecule has 0 bridgehead atoms. The first-order valence-corrected chi connectivity index (χ1v) is 43.5. The van der Waals surface area contributed by atoms with Gasteiger partial charge in [0.1, 0.15) is 0 Å². The van der Waals surface area contributed by atoms with Gasteiger partial charge in [0, 0.05) is 44.0 Å². The summed E-state index contributed by atoms with van der Waals surface area (Å²) in [4.78, 5) is 9.96. The lowest BCUT2D eigenvalue weighted by Gasteiger charge is -2.26. The monoisotopic (exact) mass is 1490 g/mol. The van der Waals surface area contributed by atoms with Crippen LogP contribution < -0.4 is 22.5 Å². The smallest absolute Gasteiger partial charge is 0.0788 e. The molecule has 0 aliphatic heterocycles. The number of rotatable bonds is 37. The minimum Gasteiger partial charge on any atom is -0.399 e. The summed E-state index contributed by atoms with van der Waals surface area (Å²) in [6.07, 6.45) is 34.5. The molecule has 10 aromatic rings. The predicted molar refractivity (Wildman–Crippen MR) is 492 cm³/mol. The zero-order chi connectivity index (χ0) is 80.3. The third-order valence-electron chi connectivity index (χ3n) is 21.4. The second-order valence-electron chi connectivity index (χ2n) is 36.0. The molecule has 110 heavy (non-hydrogen) atoms. The maximum Gasteiger partial charge on any atom is 0.0788 e. The summed E-state index contributed by atoms with van der Waals surface area (Å²) in [5.41, 5.74) is 32.3. The molecule has 0 amide bonds. The van der Waals surface area contributed by atoms with Crippen molar-refractivity contribution in [2.45, 2.75) is 297 Å². The van der Waals surface area contributed by atoms with Crippen molar-refractivity contribution in [1.82, 2.24) is 15.3 Å². The van der Waals surface area contributed by atoms with Crippen molar-refractivity contribution in [3.63, 3.8) is 0 Å². The molecule has 7 N–H and O–H groups in total. The van der Waals surface area contributed by atoms with Crippen LogP contribution in [0.15, 0.2) is 194 Å². The van der Waals surface area contributed by atoms with Crippen LogP contribution in [-0.4, -0.2) is 29.6 Å². The molecule has 0 aliphatic carbocycles. The Balaban J connectivity index is 0.000000240. The van der Waals surface area contributed by atoms with Crippen molar-refractivity contribution < 1.29 is 0 Å². The van der Waals surface area contributed by atoms with Gasteiger partial charge in [-0.25, -0.2) is 9.97 Å². The second-order valence-corrected chi connectivity index (χ2v) is 36.0. The molecule has 0 saturated carbocycles. The van der Waals surface area contributed by atoms with Crippen LogP contribution in [0.4, 0.5) is 11.4 Å². The van der Waals surface area contributed by atoms with E-state index >= 15 is 0 Å². The van der Waals surface area contributed by atoms with Crippen molar-refractivity contribution in [3.05, 3.63) is 216 Å². The summed E-state index contributed by atoms with van der Waals surface area (Å²) < 4.78 is 0. The number of fused-ring (bicyclic) bond motifs is 6. The average Bonchev–Trinajstić information content (AvgIpc) is 0.763. The van der Waals surface area contributed by atoms with Gasteiger partial charge in [0.25, 0.3) is 0 Å². The molecule has 2 aromatic heterocycles. The number of pyridine rings is 2. The summed E-state index contributed by atoms with van der Waals surface area (Å²) in [6.45, 7) is 44.7. The summed E-state index contributed by atoms with van der Waals surface area (Å²) in [6, 6.07) is 67.4. The van der Waals surface area contributed by atoms with E-state index < -0.39 is 0 Å². The number of nitrogens with two attached hydrogens (primary N) is 3. The highest BCUT2D eigenvalue weighted by atomic mass is 14.8. The van der Waals surface area contributed by atoms with Gasteiger partial charge in [-0.15, -0.1) is 0 Å². The molecular formula is C104H154N6. The van der Waals surface area contributed by atoms with E-state index in [1.165, 1.54) is 205 Å². The number of nitrogens with zero attached hydrogens (tertiary/aromatic N) is 2. The number of unbranched alkanes of at least 4 members (excludes halogenated alkanes) is 13. The normalized spacial score (nSPS) is 11.7. The topological polar surface area (TPSA) is 116 Å². The molecule has 0 saturated heterocycles. The summed E-state index contributed by atoms with van der Waals surface area (Å²) in [7, 11) is 0. The van der Waals surface area contributed by atoms with E-state index in [0.29, 0.717) is 28.1 Å².